The first kappa shape index (κ1) is 18.4. The highest BCUT2D eigenvalue weighted by Crippen LogP contribution is 2.25. The summed E-state index contributed by atoms with van der Waals surface area (Å²) in [4.78, 5) is 19.9. The van der Waals surface area contributed by atoms with Gasteiger partial charge in [0.25, 0.3) is 0 Å². The highest BCUT2D eigenvalue weighted by molar-refractivity contribution is 5.88. The van der Waals surface area contributed by atoms with E-state index in [1.54, 1.807) is 6.20 Å². The second kappa shape index (κ2) is 7.86. The number of aromatic nitrogens is 2. The van der Waals surface area contributed by atoms with Crippen molar-refractivity contribution in [3.8, 4) is 0 Å². The molecular weight excluding hydrogens is 338 g/mol. The van der Waals surface area contributed by atoms with Gasteiger partial charge in [-0.05, 0) is 62.2 Å². The summed E-state index contributed by atoms with van der Waals surface area (Å²) in [6.45, 7) is 7.71. The first-order valence-corrected chi connectivity index (χ1v) is 8.73. The van der Waals surface area contributed by atoms with Crippen LogP contribution < -0.4 is 16.0 Å². The van der Waals surface area contributed by atoms with Crippen LogP contribution >= 0.6 is 0 Å². The second-order valence-corrected chi connectivity index (χ2v) is 6.55. The minimum Gasteiger partial charge on any atom is -0.340 e. The van der Waals surface area contributed by atoms with E-state index in [9.17, 15) is 4.79 Å². The van der Waals surface area contributed by atoms with Crippen molar-refractivity contribution in [2.45, 2.75) is 27.7 Å². The zero-order valence-corrected chi connectivity index (χ0v) is 15.9. The van der Waals surface area contributed by atoms with E-state index in [1.807, 2.05) is 30.3 Å². The lowest BCUT2D eigenvalue weighted by Gasteiger charge is -2.13. The lowest BCUT2D eigenvalue weighted by atomic mass is 10.1. The molecule has 27 heavy (non-hydrogen) atoms. The van der Waals surface area contributed by atoms with Crippen molar-refractivity contribution >= 4 is 34.7 Å². The van der Waals surface area contributed by atoms with E-state index >= 15 is 0 Å². The Labute approximate surface area is 159 Å². The predicted octanol–water partition coefficient (Wildman–Crippen LogP) is 4.85. The Hall–Kier alpha value is -3.41. The minimum absolute atomic E-state index is 0.0936. The van der Waals surface area contributed by atoms with Gasteiger partial charge >= 0.3 is 0 Å². The van der Waals surface area contributed by atoms with Crippen molar-refractivity contribution in [1.29, 1.82) is 0 Å². The normalized spacial score (nSPS) is 10.4. The molecule has 0 aliphatic carbocycles. The van der Waals surface area contributed by atoms with Gasteiger partial charge in [0.15, 0.2) is 0 Å². The number of carbonyl (C=O) groups excluding carboxylic acids is 1. The molecule has 0 bridgehead atoms. The fraction of sp³-hybridized carbons (Fsp3) is 0.190. The standard InChI is InChI=1S/C21H23N5O/c1-13-11-14(2)20(15(3)12-13)26-21-22-10-9-19(25-21)24-18-7-5-17(6-8-18)23-16(4)27/h5-12H,1-4H3,(H,23,27)(H2,22,24,25,26). The number of nitrogens with one attached hydrogen (secondary N) is 3. The lowest BCUT2D eigenvalue weighted by Crippen LogP contribution is -2.05. The van der Waals surface area contributed by atoms with Gasteiger partial charge in [0.1, 0.15) is 5.82 Å². The molecule has 0 aliphatic rings. The molecule has 6 heteroatoms. The summed E-state index contributed by atoms with van der Waals surface area (Å²) in [6, 6.07) is 13.5. The number of hydrogen-bond acceptors (Lipinski definition) is 5. The van der Waals surface area contributed by atoms with E-state index in [2.05, 4.69) is 58.8 Å². The number of anilines is 5. The van der Waals surface area contributed by atoms with Crippen LogP contribution in [0.5, 0.6) is 0 Å². The molecule has 6 nitrogen and oxygen atoms in total. The first-order valence-electron chi connectivity index (χ1n) is 8.73. The Morgan fingerprint density at radius 3 is 2.15 bits per heavy atom. The molecule has 0 fully saturated rings. The third-order valence-electron chi connectivity index (χ3n) is 4.05. The van der Waals surface area contributed by atoms with Crippen molar-refractivity contribution in [3.05, 3.63) is 65.4 Å². The monoisotopic (exact) mass is 361 g/mol. The molecule has 1 aromatic heterocycles. The van der Waals surface area contributed by atoms with E-state index in [1.165, 1.54) is 12.5 Å². The fourth-order valence-corrected chi connectivity index (χ4v) is 2.97. The van der Waals surface area contributed by atoms with Gasteiger partial charge in [0.05, 0.1) is 0 Å². The van der Waals surface area contributed by atoms with Gasteiger partial charge in [-0.25, -0.2) is 4.98 Å². The van der Waals surface area contributed by atoms with E-state index < -0.39 is 0 Å². The van der Waals surface area contributed by atoms with Crippen LogP contribution in [0.3, 0.4) is 0 Å². The zero-order chi connectivity index (χ0) is 19.4. The lowest BCUT2D eigenvalue weighted by molar-refractivity contribution is -0.114. The van der Waals surface area contributed by atoms with E-state index in [-0.39, 0.29) is 5.91 Å². The smallest absolute Gasteiger partial charge is 0.229 e. The second-order valence-electron chi connectivity index (χ2n) is 6.55. The third-order valence-corrected chi connectivity index (χ3v) is 4.05. The zero-order valence-electron chi connectivity index (χ0n) is 15.9. The quantitative estimate of drug-likeness (QED) is 0.605. The van der Waals surface area contributed by atoms with Crippen LogP contribution in [0.2, 0.25) is 0 Å². The number of amides is 1. The maximum atomic E-state index is 11.1. The molecule has 0 saturated carbocycles. The van der Waals surface area contributed by atoms with Gasteiger partial charge in [-0.1, -0.05) is 17.7 Å². The SMILES string of the molecule is CC(=O)Nc1ccc(Nc2ccnc(Nc3c(C)cc(C)cc3C)n2)cc1. The molecule has 3 N–H and O–H groups in total. The van der Waals surface area contributed by atoms with Crippen LogP contribution in [-0.4, -0.2) is 15.9 Å². The topological polar surface area (TPSA) is 78.9 Å². The number of rotatable bonds is 5. The Morgan fingerprint density at radius 2 is 1.52 bits per heavy atom. The molecule has 1 heterocycles. The molecule has 3 aromatic rings. The number of carbonyl (C=O) groups is 1. The Morgan fingerprint density at radius 1 is 0.889 bits per heavy atom. The molecule has 0 spiro atoms. The number of benzene rings is 2. The molecule has 0 atom stereocenters. The average molecular weight is 361 g/mol. The molecule has 0 radical (unpaired) electrons. The van der Waals surface area contributed by atoms with Crippen LogP contribution in [0.25, 0.3) is 0 Å². The summed E-state index contributed by atoms with van der Waals surface area (Å²) in [5.74, 6) is 1.12. The van der Waals surface area contributed by atoms with Crippen LogP contribution in [0.4, 0.5) is 28.8 Å². The maximum absolute atomic E-state index is 11.1. The van der Waals surface area contributed by atoms with Crippen molar-refractivity contribution in [3.63, 3.8) is 0 Å². The average Bonchev–Trinajstić information content (AvgIpc) is 2.60. The summed E-state index contributed by atoms with van der Waals surface area (Å²) in [5, 5.41) is 9.30. The number of nitrogens with zero attached hydrogens (tertiary/aromatic N) is 2. The van der Waals surface area contributed by atoms with Crippen LogP contribution in [0, 0.1) is 20.8 Å². The molecule has 1 amide bonds. The summed E-state index contributed by atoms with van der Waals surface area (Å²) in [6.07, 6.45) is 1.71. The molecular formula is C21H23N5O. The first-order chi connectivity index (χ1) is 12.9. The van der Waals surface area contributed by atoms with Crippen molar-refractivity contribution in [2.75, 3.05) is 16.0 Å². The van der Waals surface area contributed by atoms with Gasteiger partial charge in [-0.15, -0.1) is 0 Å². The molecule has 0 unspecified atom stereocenters. The maximum Gasteiger partial charge on any atom is 0.229 e. The number of aryl methyl sites for hydroxylation is 3. The van der Waals surface area contributed by atoms with Crippen LogP contribution in [-0.2, 0) is 4.79 Å². The fourth-order valence-electron chi connectivity index (χ4n) is 2.97. The van der Waals surface area contributed by atoms with E-state index in [4.69, 9.17) is 0 Å². The Kier molecular flexibility index (Phi) is 5.35. The van der Waals surface area contributed by atoms with Crippen molar-refractivity contribution < 1.29 is 4.79 Å². The molecule has 0 saturated heterocycles. The van der Waals surface area contributed by atoms with Crippen molar-refractivity contribution in [2.24, 2.45) is 0 Å². The van der Waals surface area contributed by atoms with E-state index in [0.29, 0.717) is 11.8 Å². The summed E-state index contributed by atoms with van der Waals surface area (Å²) < 4.78 is 0. The third kappa shape index (κ3) is 4.82. The van der Waals surface area contributed by atoms with Gasteiger partial charge in [-0.2, -0.15) is 4.98 Å². The highest BCUT2D eigenvalue weighted by Gasteiger charge is 2.07. The number of hydrogen-bond donors (Lipinski definition) is 3. The van der Waals surface area contributed by atoms with E-state index in [0.717, 1.165) is 28.2 Å². The molecule has 2 aromatic carbocycles. The minimum atomic E-state index is -0.0936. The molecule has 0 aliphatic heterocycles. The predicted molar refractivity (Wildman–Crippen MR) is 110 cm³/mol. The molecule has 3 rings (SSSR count). The summed E-state index contributed by atoms with van der Waals surface area (Å²) >= 11 is 0. The Bertz CT molecular complexity index is 944. The van der Waals surface area contributed by atoms with Gasteiger partial charge in [0.2, 0.25) is 11.9 Å². The van der Waals surface area contributed by atoms with Crippen LogP contribution in [0.1, 0.15) is 23.6 Å². The summed E-state index contributed by atoms with van der Waals surface area (Å²) in [7, 11) is 0. The summed E-state index contributed by atoms with van der Waals surface area (Å²) in [5.41, 5.74) is 6.19. The molecule has 138 valence electrons. The van der Waals surface area contributed by atoms with Gasteiger partial charge < -0.3 is 16.0 Å². The van der Waals surface area contributed by atoms with Gasteiger partial charge in [-0.3, -0.25) is 4.79 Å². The largest absolute Gasteiger partial charge is 0.340 e. The van der Waals surface area contributed by atoms with Crippen molar-refractivity contribution in [1.82, 2.24) is 9.97 Å². The van der Waals surface area contributed by atoms with Crippen LogP contribution in [0.15, 0.2) is 48.7 Å². The van der Waals surface area contributed by atoms with Gasteiger partial charge in [0, 0.05) is 30.2 Å². The highest BCUT2D eigenvalue weighted by atomic mass is 16.1. The Balaban J connectivity index is 1.75.